The van der Waals surface area contributed by atoms with Crippen molar-refractivity contribution in [2.45, 2.75) is 58.8 Å². The Labute approximate surface area is 187 Å². The van der Waals surface area contributed by atoms with Crippen LogP contribution in [0.5, 0.6) is 0 Å². The standard InChI is InChI=1S/C19H38N4O4.HI/c1-14(11-23(7)18(24)27-19(3,4)5)10-21-17(20-6)22-15(2)12-26-16-8-9-25-13-16;/h14-16H,8-13H2,1-7H3,(H2,20,21,22);1H. The van der Waals surface area contributed by atoms with Gasteiger partial charge in [-0.05, 0) is 40.0 Å². The zero-order chi connectivity index (χ0) is 20.4. The van der Waals surface area contributed by atoms with Crippen molar-refractivity contribution in [3.05, 3.63) is 0 Å². The van der Waals surface area contributed by atoms with Crippen molar-refractivity contribution in [2.75, 3.05) is 47.0 Å². The molecule has 1 aliphatic heterocycles. The number of nitrogens with zero attached hydrogens (tertiary/aromatic N) is 2. The minimum absolute atomic E-state index is 0. The molecule has 0 spiro atoms. The Bertz CT molecular complexity index is 479. The summed E-state index contributed by atoms with van der Waals surface area (Å²) in [6.45, 7) is 13.1. The van der Waals surface area contributed by atoms with E-state index >= 15 is 0 Å². The van der Waals surface area contributed by atoms with Gasteiger partial charge < -0.3 is 29.7 Å². The van der Waals surface area contributed by atoms with Crippen molar-refractivity contribution in [3.8, 4) is 0 Å². The molecular weight excluding hydrogens is 475 g/mol. The molecule has 2 N–H and O–H groups in total. The lowest BCUT2D eigenvalue weighted by Gasteiger charge is -2.27. The first-order valence-electron chi connectivity index (χ1n) is 9.71. The average Bonchev–Trinajstić information content (AvgIpc) is 3.08. The van der Waals surface area contributed by atoms with E-state index in [0.717, 1.165) is 19.0 Å². The number of ether oxygens (including phenoxy) is 3. The van der Waals surface area contributed by atoms with Crippen molar-refractivity contribution >= 4 is 36.0 Å². The van der Waals surface area contributed by atoms with Crippen molar-refractivity contribution in [1.29, 1.82) is 0 Å². The van der Waals surface area contributed by atoms with E-state index in [9.17, 15) is 4.79 Å². The van der Waals surface area contributed by atoms with Crippen molar-refractivity contribution in [2.24, 2.45) is 10.9 Å². The highest BCUT2D eigenvalue weighted by atomic mass is 127. The highest BCUT2D eigenvalue weighted by Gasteiger charge is 2.21. The second kappa shape index (κ2) is 13.4. The molecule has 28 heavy (non-hydrogen) atoms. The lowest BCUT2D eigenvalue weighted by molar-refractivity contribution is 0.0277. The topological polar surface area (TPSA) is 84.4 Å². The molecule has 0 radical (unpaired) electrons. The summed E-state index contributed by atoms with van der Waals surface area (Å²) in [5.74, 6) is 0.962. The van der Waals surface area contributed by atoms with Crippen LogP contribution in [-0.4, -0.2) is 81.7 Å². The fourth-order valence-electron chi connectivity index (χ4n) is 2.61. The van der Waals surface area contributed by atoms with Crippen LogP contribution in [0.1, 0.15) is 41.0 Å². The van der Waals surface area contributed by atoms with E-state index in [2.05, 4.69) is 29.5 Å². The maximum absolute atomic E-state index is 12.0. The number of nitrogens with one attached hydrogen (secondary N) is 2. The Morgan fingerprint density at radius 1 is 1.36 bits per heavy atom. The van der Waals surface area contributed by atoms with E-state index < -0.39 is 5.60 Å². The Balaban J connectivity index is 0.00000729. The Kier molecular flexibility index (Phi) is 13.0. The van der Waals surface area contributed by atoms with Gasteiger partial charge in [0.05, 0.1) is 19.3 Å². The van der Waals surface area contributed by atoms with Crippen LogP contribution < -0.4 is 10.6 Å². The molecule has 1 saturated heterocycles. The van der Waals surface area contributed by atoms with Gasteiger partial charge in [-0.3, -0.25) is 4.99 Å². The van der Waals surface area contributed by atoms with Gasteiger partial charge in [-0.25, -0.2) is 4.79 Å². The van der Waals surface area contributed by atoms with Crippen LogP contribution in [0.2, 0.25) is 0 Å². The van der Waals surface area contributed by atoms with Crippen LogP contribution in [0.4, 0.5) is 4.79 Å². The zero-order valence-electron chi connectivity index (χ0n) is 18.4. The number of aliphatic imine (C=N–C) groups is 1. The van der Waals surface area contributed by atoms with Gasteiger partial charge in [0.15, 0.2) is 5.96 Å². The summed E-state index contributed by atoms with van der Waals surface area (Å²) in [5.41, 5.74) is -0.485. The lowest BCUT2D eigenvalue weighted by Crippen LogP contribution is -2.46. The molecule has 1 fully saturated rings. The fraction of sp³-hybridized carbons (Fsp3) is 0.895. The summed E-state index contributed by atoms with van der Waals surface area (Å²) in [7, 11) is 3.50. The van der Waals surface area contributed by atoms with Gasteiger partial charge in [-0.2, -0.15) is 0 Å². The predicted octanol–water partition coefficient (Wildman–Crippen LogP) is 2.47. The molecule has 1 heterocycles. The normalized spacial score (nSPS) is 19.4. The molecule has 9 heteroatoms. The summed E-state index contributed by atoms with van der Waals surface area (Å²) in [5, 5.41) is 6.62. The number of carbonyl (C=O) groups excluding carboxylic acids is 1. The number of rotatable bonds is 8. The van der Waals surface area contributed by atoms with E-state index in [1.54, 1.807) is 19.0 Å². The third kappa shape index (κ3) is 11.9. The average molecular weight is 514 g/mol. The second-order valence-electron chi connectivity index (χ2n) is 8.28. The minimum atomic E-state index is -0.485. The summed E-state index contributed by atoms with van der Waals surface area (Å²) >= 11 is 0. The van der Waals surface area contributed by atoms with Crippen molar-refractivity contribution in [1.82, 2.24) is 15.5 Å². The fourth-order valence-corrected chi connectivity index (χ4v) is 2.61. The molecular formula is C19H39IN4O4. The number of carbonyl (C=O) groups is 1. The van der Waals surface area contributed by atoms with Gasteiger partial charge in [0.25, 0.3) is 0 Å². The van der Waals surface area contributed by atoms with Crippen LogP contribution in [0.3, 0.4) is 0 Å². The van der Waals surface area contributed by atoms with Crippen LogP contribution in [0.25, 0.3) is 0 Å². The third-order valence-electron chi connectivity index (χ3n) is 3.99. The molecule has 3 unspecified atom stereocenters. The third-order valence-corrected chi connectivity index (χ3v) is 3.99. The van der Waals surface area contributed by atoms with Gasteiger partial charge in [-0.15, -0.1) is 24.0 Å². The summed E-state index contributed by atoms with van der Waals surface area (Å²) in [4.78, 5) is 17.9. The Morgan fingerprint density at radius 2 is 2.04 bits per heavy atom. The molecule has 0 aromatic carbocycles. The first kappa shape index (κ1) is 27.2. The first-order chi connectivity index (χ1) is 12.6. The van der Waals surface area contributed by atoms with E-state index in [-0.39, 0.29) is 48.1 Å². The molecule has 0 aromatic heterocycles. The van der Waals surface area contributed by atoms with Crippen LogP contribution in [-0.2, 0) is 14.2 Å². The first-order valence-corrected chi connectivity index (χ1v) is 9.71. The van der Waals surface area contributed by atoms with Gasteiger partial charge in [0, 0.05) is 39.8 Å². The van der Waals surface area contributed by atoms with Crippen LogP contribution >= 0.6 is 24.0 Å². The molecule has 0 aromatic rings. The molecule has 166 valence electrons. The van der Waals surface area contributed by atoms with Gasteiger partial charge in [-0.1, -0.05) is 6.92 Å². The SMILES string of the molecule is CN=C(NCC(C)CN(C)C(=O)OC(C)(C)C)NC(C)COC1CCOC1.I. The lowest BCUT2D eigenvalue weighted by atomic mass is 10.1. The highest BCUT2D eigenvalue weighted by Crippen LogP contribution is 2.10. The van der Waals surface area contributed by atoms with Crippen LogP contribution in [0, 0.1) is 5.92 Å². The molecule has 1 rings (SSSR count). The number of guanidine groups is 1. The zero-order valence-corrected chi connectivity index (χ0v) is 20.7. The minimum Gasteiger partial charge on any atom is -0.444 e. The summed E-state index contributed by atoms with van der Waals surface area (Å²) in [6, 6.07) is 0.136. The van der Waals surface area contributed by atoms with Gasteiger partial charge >= 0.3 is 6.09 Å². The monoisotopic (exact) mass is 514 g/mol. The Morgan fingerprint density at radius 3 is 2.57 bits per heavy atom. The number of halogens is 1. The molecule has 0 saturated carbocycles. The maximum Gasteiger partial charge on any atom is 0.410 e. The van der Waals surface area contributed by atoms with E-state index in [1.807, 2.05) is 20.8 Å². The largest absolute Gasteiger partial charge is 0.444 e. The highest BCUT2D eigenvalue weighted by molar-refractivity contribution is 14.0. The smallest absolute Gasteiger partial charge is 0.410 e. The summed E-state index contributed by atoms with van der Waals surface area (Å²) in [6.07, 6.45) is 0.855. The predicted molar refractivity (Wildman–Crippen MR) is 123 cm³/mol. The molecule has 0 aliphatic carbocycles. The second-order valence-corrected chi connectivity index (χ2v) is 8.28. The van der Waals surface area contributed by atoms with Crippen molar-refractivity contribution < 1.29 is 19.0 Å². The molecule has 0 bridgehead atoms. The van der Waals surface area contributed by atoms with Gasteiger partial charge in [0.1, 0.15) is 5.60 Å². The number of hydrogen-bond donors (Lipinski definition) is 2. The quantitative estimate of drug-likeness (QED) is 0.294. The van der Waals surface area contributed by atoms with E-state index in [0.29, 0.717) is 26.3 Å². The van der Waals surface area contributed by atoms with Gasteiger partial charge in [0.2, 0.25) is 0 Å². The van der Waals surface area contributed by atoms with Crippen molar-refractivity contribution in [3.63, 3.8) is 0 Å². The maximum atomic E-state index is 12.0. The number of hydrogen-bond acceptors (Lipinski definition) is 5. The molecule has 1 aliphatic rings. The van der Waals surface area contributed by atoms with E-state index in [1.165, 1.54) is 0 Å². The molecule has 1 amide bonds. The number of amides is 1. The van der Waals surface area contributed by atoms with Crippen LogP contribution in [0.15, 0.2) is 4.99 Å². The molecule has 3 atom stereocenters. The van der Waals surface area contributed by atoms with E-state index in [4.69, 9.17) is 14.2 Å². The molecule has 8 nitrogen and oxygen atoms in total. The Hall–Kier alpha value is -0.810. The summed E-state index contributed by atoms with van der Waals surface area (Å²) < 4.78 is 16.5.